The van der Waals surface area contributed by atoms with Gasteiger partial charge in [-0.2, -0.15) is 8.78 Å². The van der Waals surface area contributed by atoms with Gasteiger partial charge in [-0.3, -0.25) is 9.59 Å². The highest BCUT2D eigenvalue weighted by atomic mass is 19.3. The maximum atomic E-state index is 12.3. The average molecular weight is 362 g/mol. The molecule has 7 heteroatoms. The first-order valence-corrected chi connectivity index (χ1v) is 7.97. The average Bonchev–Trinajstić information content (AvgIpc) is 2.62. The van der Waals surface area contributed by atoms with Gasteiger partial charge in [-0.05, 0) is 35.4 Å². The zero-order chi connectivity index (χ0) is 19.1. The van der Waals surface area contributed by atoms with Gasteiger partial charge in [0.25, 0.3) is 5.91 Å². The van der Waals surface area contributed by atoms with Crippen LogP contribution in [0.25, 0.3) is 0 Å². The fraction of sp³-hybridized carbons (Fsp3) is 0.263. The molecule has 0 unspecified atom stereocenters. The Hall–Kier alpha value is -2.96. The smallest absolute Gasteiger partial charge is 0.387 e. The number of hydrogen-bond donors (Lipinski definition) is 1. The molecule has 2 aromatic carbocycles. The van der Waals surface area contributed by atoms with E-state index in [9.17, 15) is 18.4 Å². The highest BCUT2D eigenvalue weighted by Gasteiger charge is 2.12. The van der Waals surface area contributed by atoms with E-state index >= 15 is 0 Å². The second-order valence-corrected chi connectivity index (χ2v) is 5.73. The molecule has 2 rings (SSSR count). The summed E-state index contributed by atoms with van der Waals surface area (Å²) in [6, 6.07) is 13.0. The van der Waals surface area contributed by atoms with E-state index in [1.165, 1.54) is 12.1 Å². The predicted octanol–water partition coefficient (Wildman–Crippen LogP) is 2.85. The van der Waals surface area contributed by atoms with Gasteiger partial charge < -0.3 is 15.0 Å². The summed E-state index contributed by atoms with van der Waals surface area (Å²) >= 11 is 0. The highest BCUT2D eigenvalue weighted by Crippen LogP contribution is 2.16. The molecule has 2 amide bonds. The van der Waals surface area contributed by atoms with Crippen molar-refractivity contribution >= 4 is 11.8 Å². The lowest BCUT2D eigenvalue weighted by Crippen LogP contribution is -2.27. The number of nitrogens with zero attached hydrogens (tertiary/aromatic N) is 1. The van der Waals surface area contributed by atoms with Crippen molar-refractivity contribution in [3.8, 4) is 5.75 Å². The van der Waals surface area contributed by atoms with E-state index in [2.05, 4.69) is 10.1 Å². The summed E-state index contributed by atoms with van der Waals surface area (Å²) in [6.07, 6.45) is 0.155. The topological polar surface area (TPSA) is 58.6 Å². The van der Waals surface area contributed by atoms with E-state index in [0.29, 0.717) is 17.7 Å². The number of rotatable bonds is 7. The summed E-state index contributed by atoms with van der Waals surface area (Å²) in [4.78, 5) is 25.4. The van der Waals surface area contributed by atoms with Crippen LogP contribution in [-0.4, -0.2) is 37.4 Å². The molecule has 5 nitrogen and oxygen atoms in total. The molecular formula is C19H20F2N2O3. The Morgan fingerprint density at radius 2 is 1.62 bits per heavy atom. The van der Waals surface area contributed by atoms with Crippen LogP contribution in [0, 0.1) is 0 Å². The molecule has 0 radical (unpaired) electrons. The Bertz CT molecular complexity index is 746. The van der Waals surface area contributed by atoms with Crippen LogP contribution in [0.2, 0.25) is 0 Å². The van der Waals surface area contributed by atoms with Gasteiger partial charge in [0.1, 0.15) is 5.75 Å². The largest absolute Gasteiger partial charge is 0.435 e. The van der Waals surface area contributed by atoms with Gasteiger partial charge in [0.15, 0.2) is 0 Å². The molecule has 0 fully saturated rings. The van der Waals surface area contributed by atoms with Crippen molar-refractivity contribution < 1.29 is 23.1 Å². The van der Waals surface area contributed by atoms with Crippen LogP contribution < -0.4 is 10.1 Å². The summed E-state index contributed by atoms with van der Waals surface area (Å²) in [6.45, 7) is -2.47. The molecule has 0 heterocycles. The van der Waals surface area contributed by atoms with Crippen LogP contribution in [0.5, 0.6) is 5.75 Å². The molecule has 0 aliphatic rings. The fourth-order valence-corrected chi connectivity index (χ4v) is 2.37. The van der Waals surface area contributed by atoms with Gasteiger partial charge in [0.05, 0.1) is 6.42 Å². The summed E-state index contributed by atoms with van der Waals surface area (Å²) in [5, 5.41) is 2.55. The van der Waals surface area contributed by atoms with E-state index in [4.69, 9.17) is 0 Å². The van der Waals surface area contributed by atoms with Gasteiger partial charge in [-0.1, -0.05) is 24.3 Å². The Kier molecular flexibility index (Phi) is 6.66. The molecule has 0 saturated carbocycles. The Morgan fingerprint density at radius 1 is 1.04 bits per heavy atom. The van der Waals surface area contributed by atoms with E-state index in [1.54, 1.807) is 55.4 Å². The number of benzene rings is 2. The molecule has 0 saturated heterocycles. The second kappa shape index (κ2) is 8.94. The van der Waals surface area contributed by atoms with Gasteiger partial charge in [-0.25, -0.2) is 0 Å². The Morgan fingerprint density at radius 3 is 2.15 bits per heavy atom. The number of nitrogens with one attached hydrogen (secondary N) is 1. The van der Waals surface area contributed by atoms with Crippen LogP contribution in [0.15, 0.2) is 48.5 Å². The van der Waals surface area contributed by atoms with Crippen LogP contribution in [0.1, 0.15) is 21.5 Å². The first-order valence-electron chi connectivity index (χ1n) is 7.97. The number of likely N-dealkylation sites (N-methyl/N-ethyl adjacent to an activating group) is 1. The van der Waals surface area contributed by atoms with Crippen molar-refractivity contribution in [2.45, 2.75) is 19.6 Å². The van der Waals surface area contributed by atoms with Crippen molar-refractivity contribution in [3.05, 3.63) is 65.2 Å². The molecule has 1 N–H and O–H groups in total. The normalized spacial score (nSPS) is 10.5. The SMILES string of the molecule is CNC(=O)c1ccc(CN(C)C(=O)Cc2ccc(OC(F)F)cc2)cc1. The molecule has 0 aliphatic heterocycles. The quantitative estimate of drug-likeness (QED) is 0.824. The molecule has 0 spiro atoms. The van der Waals surface area contributed by atoms with E-state index < -0.39 is 6.61 Å². The first kappa shape index (κ1) is 19.4. The number of amides is 2. The standard InChI is InChI=1S/C19H20F2N2O3/c1-22-18(25)15-7-3-14(4-8-15)12-23(2)17(24)11-13-5-9-16(10-6-13)26-19(20)21/h3-10,19H,11-12H2,1-2H3,(H,22,25). The number of ether oxygens (including phenoxy) is 1. The molecule has 138 valence electrons. The summed E-state index contributed by atoms with van der Waals surface area (Å²) < 4.78 is 28.5. The fourth-order valence-electron chi connectivity index (χ4n) is 2.37. The third kappa shape index (κ3) is 5.54. The lowest BCUT2D eigenvalue weighted by atomic mass is 10.1. The van der Waals surface area contributed by atoms with Crippen LogP contribution in [0.4, 0.5) is 8.78 Å². The lowest BCUT2D eigenvalue weighted by Gasteiger charge is -2.17. The molecule has 0 aromatic heterocycles. The van der Waals surface area contributed by atoms with Crippen molar-refractivity contribution in [1.29, 1.82) is 0 Å². The Labute approximate surface area is 150 Å². The van der Waals surface area contributed by atoms with Gasteiger partial charge in [0, 0.05) is 26.2 Å². The van der Waals surface area contributed by atoms with Crippen LogP contribution in [-0.2, 0) is 17.8 Å². The lowest BCUT2D eigenvalue weighted by molar-refractivity contribution is -0.129. The minimum absolute atomic E-state index is 0.0563. The summed E-state index contributed by atoms with van der Waals surface area (Å²) in [5.41, 5.74) is 2.16. The second-order valence-electron chi connectivity index (χ2n) is 5.73. The maximum Gasteiger partial charge on any atom is 0.387 e. The maximum absolute atomic E-state index is 12.3. The number of halogens is 2. The van der Waals surface area contributed by atoms with E-state index in [0.717, 1.165) is 5.56 Å². The van der Waals surface area contributed by atoms with Crippen LogP contribution >= 0.6 is 0 Å². The van der Waals surface area contributed by atoms with Crippen molar-refractivity contribution in [2.75, 3.05) is 14.1 Å². The monoisotopic (exact) mass is 362 g/mol. The van der Waals surface area contributed by atoms with Gasteiger partial charge >= 0.3 is 6.61 Å². The van der Waals surface area contributed by atoms with Crippen molar-refractivity contribution in [2.24, 2.45) is 0 Å². The van der Waals surface area contributed by atoms with Crippen molar-refractivity contribution in [3.63, 3.8) is 0 Å². The number of carbonyl (C=O) groups excluding carboxylic acids is 2. The molecule has 0 atom stereocenters. The highest BCUT2D eigenvalue weighted by molar-refractivity contribution is 5.93. The Balaban J connectivity index is 1.91. The molecule has 2 aromatic rings. The zero-order valence-electron chi connectivity index (χ0n) is 14.5. The van der Waals surface area contributed by atoms with Crippen LogP contribution in [0.3, 0.4) is 0 Å². The van der Waals surface area contributed by atoms with Gasteiger partial charge in [-0.15, -0.1) is 0 Å². The molecule has 0 bridgehead atoms. The van der Waals surface area contributed by atoms with E-state index in [-0.39, 0.29) is 24.0 Å². The third-order valence-corrected chi connectivity index (χ3v) is 3.79. The predicted molar refractivity (Wildman–Crippen MR) is 93.1 cm³/mol. The molecule has 0 aliphatic carbocycles. The first-order chi connectivity index (χ1) is 12.4. The third-order valence-electron chi connectivity index (χ3n) is 3.79. The minimum atomic E-state index is -2.87. The zero-order valence-corrected chi connectivity index (χ0v) is 14.5. The summed E-state index contributed by atoms with van der Waals surface area (Å²) in [5.74, 6) is -0.219. The number of carbonyl (C=O) groups is 2. The number of hydrogen-bond acceptors (Lipinski definition) is 3. The molecule has 26 heavy (non-hydrogen) atoms. The van der Waals surface area contributed by atoms with Gasteiger partial charge in [0.2, 0.25) is 5.91 Å². The molecular weight excluding hydrogens is 342 g/mol. The minimum Gasteiger partial charge on any atom is -0.435 e. The van der Waals surface area contributed by atoms with E-state index in [1.807, 2.05) is 0 Å². The summed E-state index contributed by atoms with van der Waals surface area (Å²) in [7, 11) is 3.25. The number of alkyl halides is 2. The van der Waals surface area contributed by atoms with Crippen molar-refractivity contribution in [1.82, 2.24) is 10.2 Å².